The van der Waals surface area contributed by atoms with Crippen LogP contribution in [0.2, 0.25) is 0 Å². The topological polar surface area (TPSA) is 83.8 Å². The Bertz CT molecular complexity index is 692. The van der Waals surface area contributed by atoms with Gasteiger partial charge in [-0.15, -0.1) is 24.8 Å². The van der Waals surface area contributed by atoms with Crippen molar-refractivity contribution >= 4 is 47.4 Å². The van der Waals surface area contributed by atoms with Gasteiger partial charge in [-0.25, -0.2) is 4.98 Å². The quantitative estimate of drug-likeness (QED) is 0.801. The average Bonchev–Trinajstić information content (AvgIpc) is 2.98. The normalized spacial score (nSPS) is 18.8. The van der Waals surface area contributed by atoms with Gasteiger partial charge in [0.2, 0.25) is 5.91 Å². The lowest BCUT2D eigenvalue weighted by Crippen LogP contribution is -2.37. The van der Waals surface area contributed by atoms with E-state index in [1.165, 1.54) is 19.3 Å². The van der Waals surface area contributed by atoms with Crippen LogP contribution in [0.4, 0.5) is 5.69 Å². The average molecular weight is 343 g/mol. The molecule has 2 aromatic rings. The minimum Gasteiger partial charge on any atom is -0.342 e. The van der Waals surface area contributed by atoms with E-state index in [0.29, 0.717) is 5.92 Å². The number of carbonyl (C=O) groups is 1. The summed E-state index contributed by atoms with van der Waals surface area (Å²) >= 11 is 0. The number of nitrogens with zero attached hydrogens (tertiary/aromatic N) is 1. The highest BCUT2D eigenvalue weighted by Gasteiger charge is 2.45. The van der Waals surface area contributed by atoms with Crippen LogP contribution >= 0.6 is 24.8 Å². The Kier molecular flexibility index (Phi) is 4.70. The molecule has 1 amide bonds. The van der Waals surface area contributed by atoms with Crippen LogP contribution in [0.25, 0.3) is 11.0 Å². The van der Waals surface area contributed by atoms with Crippen LogP contribution in [-0.2, 0) is 4.79 Å². The van der Waals surface area contributed by atoms with Gasteiger partial charge in [0.05, 0.1) is 16.6 Å². The van der Waals surface area contributed by atoms with Crippen molar-refractivity contribution in [2.24, 2.45) is 5.73 Å². The molecule has 0 atom stereocenters. The van der Waals surface area contributed by atoms with Crippen molar-refractivity contribution in [1.82, 2.24) is 9.97 Å². The van der Waals surface area contributed by atoms with E-state index in [9.17, 15) is 4.79 Å². The number of halogens is 2. The first-order valence-corrected chi connectivity index (χ1v) is 7.24. The summed E-state index contributed by atoms with van der Waals surface area (Å²) < 4.78 is 0. The summed E-state index contributed by atoms with van der Waals surface area (Å²) in [5.41, 5.74) is 7.97. The Morgan fingerprint density at radius 1 is 1.32 bits per heavy atom. The molecule has 1 aromatic heterocycles. The number of aromatic amines is 1. The molecule has 0 spiro atoms. The minimum absolute atomic E-state index is 0. The van der Waals surface area contributed by atoms with Gasteiger partial charge in [0.1, 0.15) is 5.82 Å². The molecule has 4 rings (SSSR count). The second-order valence-corrected chi connectivity index (χ2v) is 6.09. The van der Waals surface area contributed by atoms with Crippen molar-refractivity contribution < 1.29 is 4.79 Å². The van der Waals surface area contributed by atoms with E-state index in [1.54, 1.807) is 0 Å². The molecule has 0 saturated heterocycles. The van der Waals surface area contributed by atoms with E-state index in [-0.39, 0.29) is 30.7 Å². The number of nitrogens with two attached hydrogens (primary N) is 1. The molecule has 7 heteroatoms. The van der Waals surface area contributed by atoms with Crippen molar-refractivity contribution in [1.29, 1.82) is 0 Å². The predicted octanol–water partition coefficient (Wildman–Crippen LogP) is 3.10. The summed E-state index contributed by atoms with van der Waals surface area (Å²) in [7, 11) is 0. The lowest BCUT2D eigenvalue weighted by Gasteiger charge is -2.22. The van der Waals surface area contributed by atoms with E-state index in [4.69, 9.17) is 5.73 Å². The molecular formula is C15H20Cl2N4O. The number of imidazole rings is 1. The van der Waals surface area contributed by atoms with Crippen LogP contribution in [0.3, 0.4) is 0 Å². The second-order valence-electron chi connectivity index (χ2n) is 6.09. The Morgan fingerprint density at radius 2 is 2.05 bits per heavy atom. The molecule has 120 valence electrons. The molecule has 1 heterocycles. The van der Waals surface area contributed by atoms with Crippen molar-refractivity contribution in [3.8, 4) is 0 Å². The summed E-state index contributed by atoms with van der Waals surface area (Å²) in [4.78, 5) is 19.9. The molecule has 5 nitrogen and oxygen atoms in total. The van der Waals surface area contributed by atoms with E-state index >= 15 is 0 Å². The van der Waals surface area contributed by atoms with Crippen LogP contribution < -0.4 is 11.1 Å². The number of benzene rings is 1. The first-order valence-electron chi connectivity index (χ1n) is 7.24. The Morgan fingerprint density at radius 3 is 2.64 bits per heavy atom. The van der Waals surface area contributed by atoms with Crippen molar-refractivity contribution in [2.45, 2.75) is 43.6 Å². The van der Waals surface area contributed by atoms with Gasteiger partial charge in [0.15, 0.2) is 0 Å². The maximum Gasteiger partial charge on any atom is 0.244 e. The smallest absolute Gasteiger partial charge is 0.244 e. The summed E-state index contributed by atoms with van der Waals surface area (Å²) in [5, 5.41) is 2.89. The molecule has 0 aliphatic heterocycles. The van der Waals surface area contributed by atoms with Gasteiger partial charge in [0.25, 0.3) is 0 Å². The largest absolute Gasteiger partial charge is 0.342 e. The third-order valence-corrected chi connectivity index (χ3v) is 4.49. The van der Waals surface area contributed by atoms with Crippen LogP contribution in [-0.4, -0.2) is 21.4 Å². The van der Waals surface area contributed by atoms with Crippen LogP contribution in [0.15, 0.2) is 18.2 Å². The van der Waals surface area contributed by atoms with Gasteiger partial charge in [0, 0.05) is 11.6 Å². The number of fused-ring (bicyclic) bond motifs is 1. The number of H-pyrrole nitrogens is 1. The van der Waals surface area contributed by atoms with Crippen molar-refractivity contribution in [3.05, 3.63) is 24.0 Å². The highest BCUT2D eigenvalue weighted by Crippen LogP contribution is 2.36. The fraction of sp³-hybridized carbons (Fsp3) is 0.467. The van der Waals surface area contributed by atoms with Crippen molar-refractivity contribution in [2.75, 3.05) is 5.32 Å². The fourth-order valence-corrected chi connectivity index (χ4v) is 2.60. The highest BCUT2D eigenvalue weighted by molar-refractivity contribution is 6.01. The molecule has 1 aromatic carbocycles. The standard InChI is InChI=1S/C15H18N4O.2ClH/c16-15(6-7-15)14(20)17-10-4-5-11-12(8-10)19-13(18-11)9-2-1-3-9;;/h4-5,8-9H,1-3,6-7,16H2,(H,17,20)(H,18,19);2*1H. The van der Waals surface area contributed by atoms with E-state index in [0.717, 1.165) is 35.4 Å². The SMILES string of the molecule is Cl.Cl.NC1(C(=O)Nc2ccc3nc(C4CCC4)[nH]c3c2)CC1. The summed E-state index contributed by atoms with van der Waals surface area (Å²) in [6.45, 7) is 0. The van der Waals surface area contributed by atoms with Crippen LogP contribution in [0.5, 0.6) is 0 Å². The first kappa shape index (κ1) is 17.1. The highest BCUT2D eigenvalue weighted by atomic mass is 35.5. The number of amides is 1. The molecule has 0 radical (unpaired) electrons. The van der Waals surface area contributed by atoms with Gasteiger partial charge in [-0.05, 0) is 43.9 Å². The Balaban J connectivity index is 0.000000882. The number of aromatic nitrogens is 2. The molecule has 2 fully saturated rings. The number of nitrogens with one attached hydrogen (secondary N) is 2. The fourth-order valence-electron chi connectivity index (χ4n) is 2.60. The van der Waals surface area contributed by atoms with Crippen LogP contribution in [0, 0.1) is 0 Å². The molecule has 0 unspecified atom stereocenters. The van der Waals surface area contributed by atoms with Gasteiger partial charge in [-0.1, -0.05) is 6.42 Å². The maximum absolute atomic E-state index is 11.9. The third kappa shape index (κ3) is 2.93. The summed E-state index contributed by atoms with van der Waals surface area (Å²) in [6.07, 6.45) is 5.29. The molecule has 2 aliphatic carbocycles. The number of hydrogen-bond acceptors (Lipinski definition) is 3. The van der Waals surface area contributed by atoms with Gasteiger partial charge in [-0.2, -0.15) is 0 Å². The number of hydrogen-bond donors (Lipinski definition) is 3. The number of carbonyl (C=O) groups excluding carboxylic acids is 1. The first-order chi connectivity index (χ1) is 9.64. The van der Waals surface area contributed by atoms with Crippen molar-refractivity contribution in [3.63, 3.8) is 0 Å². The predicted molar refractivity (Wildman–Crippen MR) is 92.0 cm³/mol. The zero-order chi connectivity index (χ0) is 13.7. The summed E-state index contributed by atoms with van der Waals surface area (Å²) in [6, 6.07) is 5.77. The minimum atomic E-state index is -0.639. The van der Waals surface area contributed by atoms with Gasteiger partial charge >= 0.3 is 0 Å². The second kappa shape index (κ2) is 6.07. The monoisotopic (exact) mass is 342 g/mol. The lowest BCUT2D eigenvalue weighted by atomic mass is 9.85. The van der Waals surface area contributed by atoms with E-state index < -0.39 is 5.54 Å². The summed E-state index contributed by atoms with van der Waals surface area (Å²) in [5.74, 6) is 1.57. The van der Waals surface area contributed by atoms with Gasteiger partial charge in [-0.3, -0.25) is 4.79 Å². The third-order valence-electron chi connectivity index (χ3n) is 4.49. The van der Waals surface area contributed by atoms with E-state index in [1.807, 2.05) is 18.2 Å². The molecule has 2 aliphatic rings. The Hall–Kier alpha value is -1.30. The lowest BCUT2D eigenvalue weighted by molar-refractivity contribution is -0.118. The molecule has 0 bridgehead atoms. The zero-order valence-electron chi connectivity index (χ0n) is 12.1. The van der Waals surface area contributed by atoms with Crippen LogP contribution in [0.1, 0.15) is 43.8 Å². The zero-order valence-corrected chi connectivity index (χ0v) is 13.7. The molecule has 4 N–H and O–H groups in total. The number of anilines is 1. The maximum atomic E-state index is 11.9. The molecule has 2 saturated carbocycles. The van der Waals surface area contributed by atoms with E-state index in [2.05, 4.69) is 15.3 Å². The number of rotatable bonds is 3. The molecular weight excluding hydrogens is 323 g/mol. The Labute approximate surface area is 141 Å². The molecule has 22 heavy (non-hydrogen) atoms. The van der Waals surface area contributed by atoms with Gasteiger partial charge < -0.3 is 16.0 Å².